The third kappa shape index (κ3) is 5.13. The van der Waals surface area contributed by atoms with Gasteiger partial charge in [-0.1, -0.05) is 25.6 Å². The average molecular weight is 403 g/mol. The highest BCUT2D eigenvalue weighted by molar-refractivity contribution is 7.99. The fourth-order valence-electron chi connectivity index (χ4n) is 2.59. The van der Waals surface area contributed by atoms with Gasteiger partial charge in [0, 0.05) is 36.3 Å². The van der Waals surface area contributed by atoms with E-state index >= 15 is 0 Å². The van der Waals surface area contributed by atoms with E-state index in [4.69, 9.17) is 0 Å². The minimum Gasteiger partial charge on any atom is -0.325 e. The van der Waals surface area contributed by atoms with Crippen molar-refractivity contribution in [3.05, 3.63) is 54.4 Å². The number of hydrogen-bond donors (Lipinski definition) is 1. The van der Waals surface area contributed by atoms with Gasteiger partial charge in [0.15, 0.2) is 11.0 Å². The largest absolute Gasteiger partial charge is 0.325 e. The van der Waals surface area contributed by atoms with E-state index in [0.29, 0.717) is 23.4 Å². The van der Waals surface area contributed by atoms with Crippen LogP contribution in [0.4, 0.5) is 14.5 Å². The summed E-state index contributed by atoms with van der Waals surface area (Å²) in [5.41, 5.74) is 0.957. The first-order valence-electron chi connectivity index (χ1n) is 8.64. The van der Waals surface area contributed by atoms with Crippen molar-refractivity contribution in [3.8, 4) is 11.4 Å². The maximum atomic E-state index is 13.2. The van der Waals surface area contributed by atoms with E-state index in [1.807, 2.05) is 16.7 Å². The fraction of sp³-hybridized carbons (Fsp3) is 0.263. The van der Waals surface area contributed by atoms with Crippen LogP contribution in [0.1, 0.15) is 13.8 Å². The van der Waals surface area contributed by atoms with Crippen molar-refractivity contribution < 1.29 is 13.6 Å². The van der Waals surface area contributed by atoms with Gasteiger partial charge in [-0.25, -0.2) is 8.78 Å². The van der Waals surface area contributed by atoms with Crippen LogP contribution in [0.2, 0.25) is 0 Å². The molecule has 3 rings (SSSR count). The van der Waals surface area contributed by atoms with Gasteiger partial charge in [-0.2, -0.15) is 0 Å². The van der Waals surface area contributed by atoms with Crippen LogP contribution in [-0.2, 0) is 11.3 Å². The van der Waals surface area contributed by atoms with E-state index in [-0.39, 0.29) is 17.3 Å². The monoisotopic (exact) mass is 403 g/mol. The molecule has 0 saturated heterocycles. The van der Waals surface area contributed by atoms with Gasteiger partial charge in [0.05, 0.1) is 5.75 Å². The topological polar surface area (TPSA) is 72.7 Å². The summed E-state index contributed by atoms with van der Waals surface area (Å²) in [7, 11) is 0. The molecule has 0 aliphatic rings. The molecular formula is C19H19F2N5OS. The van der Waals surface area contributed by atoms with E-state index in [1.54, 1.807) is 12.4 Å². The second-order valence-corrected chi connectivity index (χ2v) is 7.48. The average Bonchev–Trinajstić information content (AvgIpc) is 3.01. The molecule has 0 spiro atoms. The fourth-order valence-corrected chi connectivity index (χ4v) is 3.34. The quantitative estimate of drug-likeness (QED) is 0.604. The van der Waals surface area contributed by atoms with Crippen LogP contribution in [-0.4, -0.2) is 31.4 Å². The molecule has 1 N–H and O–H groups in total. The molecule has 28 heavy (non-hydrogen) atoms. The van der Waals surface area contributed by atoms with Gasteiger partial charge < -0.3 is 9.88 Å². The van der Waals surface area contributed by atoms with E-state index < -0.39 is 11.6 Å². The molecule has 1 amide bonds. The summed E-state index contributed by atoms with van der Waals surface area (Å²) < 4.78 is 28.4. The van der Waals surface area contributed by atoms with Crippen LogP contribution in [0.25, 0.3) is 11.4 Å². The Morgan fingerprint density at radius 1 is 1.14 bits per heavy atom. The Kier molecular flexibility index (Phi) is 6.35. The smallest absolute Gasteiger partial charge is 0.234 e. The molecule has 2 aromatic heterocycles. The van der Waals surface area contributed by atoms with Crippen LogP contribution < -0.4 is 5.32 Å². The Morgan fingerprint density at radius 3 is 2.46 bits per heavy atom. The Morgan fingerprint density at radius 2 is 1.82 bits per heavy atom. The van der Waals surface area contributed by atoms with Gasteiger partial charge in [-0.15, -0.1) is 10.2 Å². The van der Waals surface area contributed by atoms with Gasteiger partial charge >= 0.3 is 0 Å². The lowest BCUT2D eigenvalue weighted by molar-refractivity contribution is -0.113. The van der Waals surface area contributed by atoms with Crippen molar-refractivity contribution in [1.29, 1.82) is 0 Å². The number of halogens is 2. The summed E-state index contributed by atoms with van der Waals surface area (Å²) in [5, 5.41) is 11.6. The normalized spacial score (nSPS) is 11.0. The maximum absolute atomic E-state index is 13.2. The number of amides is 1. The summed E-state index contributed by atoms with van der Waals surface area (Å²) in [4.78, 5) is 16.2. The van der Waals surface area contributed by atoms with Gasteiger partial charge in [0.25, 0.3) is 0 Å². The first-order chi connectivity index (χ1) is 13.4. The van der Waals surface area contributed by atoms with Crippen LogP contribution in [0.3, 0.4) is 0 Å². The molecule has 146 valence electrons. The molecule has 3 aromatic rings. The number of benzene rings is 1. The van der Waals surface area contributed by atoms with E-state index in [2.05, 4.69) is 34.3 Å². The molecule has 1 aromatic carbocycles. The molecule has 0 atom stereocenters. The van der Waals surface area contributed by atoms with Gasteiger partial charge in [-0.05, 0) is 30.2 Å². The van der Waals surface area contributed by atoms with Crippen molar-refractivity contribution >= 4 is 23.4 Å². The number of carbonyl (C=O) groups excluding carboxylic acids is 1. The number of nitrogens with one attached hydrogen (secondary N) is 1. The minimum absolute atomic E-state index is 0.0324. The Hall–Kier alpha value is -2.81. The minimum atomic E-state index is -0.748. The number of hydrogen-bond acceptors (Lipinski definition) is 5. The second kappa shape index (κ2) is 8.92. The standard InChI is InChI=1S/C19H19F2N5OS/c1-12(2)10-26-18(13-3-5-22-6-4-13)24-25-19(26)28-11-17(27)23-16-8-14(20)7-15(21)9-16/h3-9,12H,10-11H2,1-2H3,(H,23,27). The molecule has 0 fully saturated rings. The van der Waals surface area contributed by atoms with Crippen molar-refractivity contribution in [1.82, 2.24) is 19.7 Å². The van der Waals surface area contributed by atoms with Gasteiger partial charge in [0.1, 0.15) is 11.6 Å². The molecule has 0 unspecified atom stereocenters. The van der Waals surface area contributed by atoms with Crippen molar-refractivity contribution in [2.24, 2.45) is 5.92 Å². The van der Waals surface area contributed by atoms with Gasteiger partial charge in [-0.3, -0.25) is 9.78 Å². The zero-order valence-corrected chi connectivity index (χ0v) is 16.2. The Bertz CT molecular complexity index is 942. The van der Waals surface area contributed by atoms with E-state index in [0.717, 1.165) is 23.8 Å². The number of carbonyl (C=O) groups is 1. The summed E-state index contributed by atoms with van der Waals surface area (Å²) in [6, 6.07) is 6.57. The molecule has 9 heteroatoms. The lowest BCUT2D eigenvalue weighted by Crippen LogP contribution is -2.15. The number of nitrogens with zero attached hydrogens (tertiary/aromatic N) is 4. The first-order valence-corrected chi connectivity index (χ1v) is 9.63. The third-order valence-corrected chi connectivity index (χ3v) is 4.65. The van der Waals surface area contributed by atoms with Crippen molar-refractivity contribution in [2.45, 2.75) is 25.5 Å². The number of rotatable bonds is 7. The Labute approximate surface area is 165 Å². The summed E-state index contributed by atoms with van der Waals surface area (Å²) in [6.45, 7) is 4.84. The number of aromatic nitrogens is 4. The molecule has 0 radical (unpaired) electrons. The first kappa shape index (κ1) is 19.9. The van der Waals surface area contributed by atoms with Crippen molar-refractivity contribution in [3.63, 3.8) is 0 Å². The summed E-state index contributed by atoms with van der Waals surface area (Å²) >= 11 is 1.21. The van der Waals surface area contributed by atoms with E-state index in [9.17, 15) is 13.6 Å². The van der Waals surface area contributed by atoms with Crippen molar-refractivity contribution in [2.75, 3.05) is 11.1 Å². The molecule has 6 nitrogen and oxygen atoms in total. The number of pyridine rings is 1. The summed E-state index contributed by atoms with van der Waals surface area (Å²) in [6.07, 6.45) is 3.37. The van der Waals surface area contributed by atoms with E-state index in [1.165, 1.54) is 11.8 Å². The predicted octanol–water partition coefficient (Wildman–Crippen LogP) is 4.01. The zero-order valence-electron chi connectivity index (χ0n) is 15.4. The molecule has 0 aliphatic carbocycles. The highest BCUT2D eigenvalue weighted by atomic mass is 32.2. The predicted molar refractivity (Wildman–Crippen MR) is 104 cm³/mol. The lowest BCUT2D eigenvalue weighted by Gasteiger charge is -2.12. The summed E-state index contributed by atoms with van der Waals surface area (Å²) in [5.74, 6) is -0.806. The zero-order chi connectivity index (χ0) is 20.1. The number of anilines is 1. The molecule has 0 saturated carbocycles. The molecule has 0 aliphatic heterocycles. The molecular weight excluding hydrogens is 384 g/mol. The van der Waals surface area contributed by atoms with Crippen LogP contribution >= 0.6 is 11.8 Å². The third-order valence-electron chi connectivity index (χ3n) is 3.68. The number of thioether (sulfide) groups is 1. The van der Waals surface area contributed by atoms with Gasteiger partial charge in [0.2, 0.25) is 5.91 Å². The Balaban J connectivity index is 1.73. The molecule has 0 bridgehead atoms. The highest BCUT2D eigenvalue weighted by Crippen LogP contribution is 2.25. The lowest BCUT2D eigenvalue weighted by atomic mass is 10.2. The molecule has 2 heterocycles. The van der Waals surface area contributed by atoms with Crippen LogP contribution in [0.15, 0.2) is 47.9 Å². The maximum Gasteiger partial charge on any atom is 0.234 e. The van der Waals surface area contributed by atoms with Crippen LogP contribution in [0.5, 0.6) is 0 Å². The van der Waals surface area contributed by atoms with Crippen LogP contribution in [0, 0.1) is 17.6 Å². The highest BCUT2D eigenvalue weighted by Gasteiger charge is 2.17. The second-order valence-electron chi connectivity index (χ2n) is 6.54. The SMILES string of the molecule is CC(C)Cn1c(SCC(=O)Nc2cc(F)cc(F)c2)nnc1-c1ccncc1.